The molecule has 232 valence electrons. The van der Waals surface area contributed by atoms with Gasteiger partial charge in [0.1, 0.15) is 29.4 Å². The van der Waals surface area contributed by atoms with Crippen LogP contribution in [-0.2, 0) is 9.59 Å². The summed E-state index contributed by atoms with van der Waals surface area (Å²) in [7, 11) is 1.00. The van der Waals surface area contributed by atoms with Gasteiger partial charge < -0.3 is 35.6 Å². The van der Waals surface area contributed by atoms with Crippen LogP contribution in [0.15, 0.2) is 67.0 Å². The summed E-state index contributed by atoms with van der Waals surface area (Å²) < 4.78 is 34.7. The van der Waals surface area contributed by atoms with Crippen molar-refractivity contribution in [2.75, 3.05) is 45.2 Å². The van der Waals surface area contributed by atoms with E-state index in [1.807, 2.05) is 11.8 Å². The van der Waals surface area contributed by atoms with Crippen LogP contribution in [0.3, 0.4) is 0 Å². The molecular formula is C31H34F2N6O5. The minimum Gasteiger partial charge on any atom is -0.457 e. The number of benzene rings is 2. The Kier molecular flexibility index (Phi) is 12.5. The lowest BCUT2D eigenvalue weighted by atomic mass is 10.2. The predicted octanol–water partition coefficient (Wildman–Crippen LogP) is 3.87. The summed E-state index contributed by atoms with van der Waals surface area (Å²) in [6.07, 6.45) is 4.33. The number of aliphatic hydroxyl groups is 1. The van der Waals surface area contributed by atoms with Crippen molar-refractivity contribution in [3.8, 4) is 22.9 Å². The number of halogens is 2. The summed E-state index contributed by atoms with van der Waals surface area (Å²) in [5, 5.41) is 9.78. The van der Waals surface area contributed by atoms with E-state index in [2.05, 4.69) is 21.0 Å². The van der Waals surface area contributed by atoms with E-state index in [1.165, 1.54) is 18.2 Å². The fourth-order valence-corrected chi connectivity index (χ4v) is 4.39. The van der Waals surface area contributed by atoms with Gasteiger partial charge in [0.25, 0.3) is 5.91 Å². The van der Waals surface area contributed by atoms with E-state index < -0.39 is 11.6 Å². The van der Waals surface area contributed by atoms with E-state index in [4.69, 9.17) is 14.6 Å². The second-order valence-electron chi connectivity index (χ2n) is 9.43. The third-order valence-corrected chi connectivity index (χ3v) is 6.50. The monoisotopic (exact) mass is 608 g/mol. The van der Waals surface area contributed by atoms with Gasteiger partial charge >= 0.3 is 0 Å². The number of hydrogen-bond acceptors (Lipinski definition) is 8. The van der Waals surface area contributed by atoms with E-state index in [9.17, 15) is 18.4 Å². The molecule has 1 aliphatic heterocycles. The first kappa shape index (κ1) is 33.4. The van der Waals surface area contributed by atoms with Crippen molar-refractivity contribution >= 4 is 30.0 Å². The Morgan fingerprint density at radius 1 is 1.00 bits per heavy atom. The molecule has 44 heavy (non-hydrogen) atoms. The fourth-order valence-electron chi connectivity index (χ4n) is 4.39. The Bertz CT molecular complexity index is 1560. The molecule has 1 aliphatic rings. The average Bonchev–Trinajstić information content (AvgIpc) is 3.53. The third-order valence-electron chi connectivity index (χ3n) is 6.50. The van der Waals surface area contributed by atoms with Crippen LogP contribution in [0.25, 0.3) is 11.4 Å². The largest absolute Gasteiger partial charge is 0.457 e. The van der Waals surface area contributed by atoms with Crippen LogP contribution in [0, 0.1) is 18.6 Å². The SMILES string of the molecule is CO.Cc1ccc(F)c(Nc2ccc(Oc3ccnc(-c4cc(C(=O)N5CCN(CC=O)CC5)c[nH]4)c3)cc2F)c1.NC=O. The topological polar surface area (TPSA) is 154 Å². The number of aryl methyl sites for hydroxylation is 1. The number of H-pyrrole nitrogens is 1. The summed E-state index contributed by atoms with van der Waals surface area (Å²) in [6.45, 7) is 4.62. The molecule has 0 spiro atoms. The second kappa shape index (κ2) is 16.5. The Hall–Kier alpha value is -5.14. The number of nitrogens with zero attached hydrogens (tertiary/aromatic N) is 3. The molecule has 0 bridgehead atoms. The lowest BCUT2D eigenvalue weighted by molar-refractivity contribution is -0.109. The molecule has 5 N–H and O–H groups in total. The number of aromatic amines is 1. The number of ether oxygens (including phenoxy) is 1. The van der Waals surface area contributed by atoms with Gasteiger partial charge in [-0.15, -0.1) is 0 Å². The zero-order valence-corrected chi connectivity index (χ0v) is 24.3. The molecule has 0 unspecified atom stereocenters. The van der Waals surface area contributed by atoms with Crippen LogP contribution in [0.5, 0.6) is 11.5 Å². The Labute approximate surface area is 253 Å². The summed E-state index contributed by atoms with van der Waals surface area (Å²) in [5.41, 5.74) is 7.02. The first-order valence-electron chi connectivity index (χ1n) is 13.5. The number of aromatic nitrogens is 2. The summed E-state index contributed by atoms with van der Waals surface area (Å²) >= 11 is 0. The van der Waals surface area contributed by atoms with E-state index in [1.54, 1.807) is 53.7 Å². The molecule has 0 radical (unpaired) electrons. The molecule has 2 aromatic heterocycles. The summed E-state index contributed by atoms with van der Waals surface area (Å²) in [5.74, 6) is -0.474. The Morgan fingerprint density at radius 3 is 2.39 bits per heavy atom. The number of piperazine rings is 1. The van der Waals surface area contributed by atoms with Gasteiger partial charge in [0.2, 0.25) is 6.41 Å². The molecule has 3 heterocycles. The molecule has 1 fully saturated rings. The van der Waals surface area contributed by atoms with Crippen LogP contribution in [0.1, 0.15) is 15.9 Å². The van der Waals surface area contributed by atoms with Gasteiger partial charge in [-0.25, -0.2) is 8.78 Å². The highest BCUT2D eigenvalue weighted by Gasteiger charge is 2.23. The van der Waals surface area contributed by atoms with Crippen LogP contribution < -0.4 is 15.8 Å². The van der Waals surface area contributed by atoms with Gasteiger partial charge in [-0.05, 0) is 48.9 Å². The van der Waals surface area contributed by atoms with Crippen LogP contribution in [0.2, 0.25) is 0 Å². The van der Waals surface area contributed by atoms with Crippen LogP contribution >= 0.6 is 0 Å². The minimum atomic E-state index is -0.595. The smallest absolute Gasteiger partial charge is 0.255 e. The number of anilines is 2. The molecule has 11 nitrogen and oxygen atoms in total. The molecule has 0 aliphatic carbocycles. The summed E-state index contributed by atoms with van der Waals surface area (Å²) in [4.78, 5) is 43.5. The van der Waals surface area contributed by atoms with Crippen molar-refractivity contribution in [3.63, 3.8) is 0 Å². The number of aliphatic hydroxyl groups excluding tert-OH is 1. The number of carbonyl (C=O) groups is 3. The predicted molar refractivity (Wildman–Crippen MR) is 162 cm³/mol. The quantitative estimate of drug-likeness (QED) is 0.220. The van der Waals surface area contributed by atoms with E-state index >= 15 is 0 Å². The van der Waals surface area contributed by atoms with Crippen molar-refractivity contribution in [2.24, 2.45) is 5.73 Å². The normalized spacial score (nSPS) is 12.6. The van der Waals surface area contributed by atoms with Crippen molar-refractivity contribution in [1.29, 1.82) is 0 Å². The van der Waals surface area contributed by atoms with Gasteiger partial charge in [-0.2, -0.15) is 0 Å². The lowest BCUT2D eigenvalue weighted by Crippen LogP contribution is -2.49. The van der Waals surface area contributed by atoms with Crippen LogP contribution in [-0.4, -0.2) is 83.3 Å². The molecule has 0 atom stereocenters. The number of aldehydes is 1. The first-order chi connectivity index (χ1) is 21.3. The number of nitrogens with one attached hydrogen (secondary N) is 2. The molecular weight excluding hydrogens is 574 g/mol. The van der Waals surface area contributed by atoms with Crippen molar-refractivity contribution in [3.05, 3.63) is 89.8 Å². The van der Waals surface area contributed by atoms with Gasteiger partial charge in [0.05, 0.1) is 34.9 Å². The average molecular weight is 609 g/mol. The number of rotatable bonds is 8. The number of amides is 2. The molecule has 2 aromatic carbocycles. The third kappa shape index (κ3) is 8.93. The van der Waals surface area contributed by atoms with E-state index in [-0.39, 0.29) is 29.4 Å². The van der Waals surface area contributed by atoms with Crippen LogP contribution in [0.4, 0.5) is 20.2 Å². The zero-order chi connectivity index (χ0) is 32.1. The summed E-state index contributed by atoms with van der Waals surface area (Å²) in [6, 6.07) is 13.9. The van der Waals surface area contributed by atoms with Gasteiger partial charge in [0, 0.05) is 57.8 Å². The molecule has 5 rings (SSSR count). The molecule has 1 saturated heterocycles. The lowest BCUT2D eigenvalue weighted by Gasteiger charge is -2.33. The van der Waals surface area contributed by atoms with Crippen molar-refractivity contribution in [1.82, 2.24) is 19.8 Å². The van der Waals surface area contributed by atoms with E-state index in [0.717, 1.165) is 19.0 Å². The Balaban J connectivity index is 0.000000997. The minimum absolute atomic E-state index is 0.0922. The highest BCUT2D eigenvalue weighted by molar-refractivity contribution is 5.95. The van der Waals surface area contributed by atoms with Crippen molar-refractivity contribution in [2.45, 2.75) is 6.92 Å². The molecule has 13 heteroatoms. The number of carbonyl (C=O) groups excluding carboxylic acids is 3. The number of primary amides is 1. The van der Waals surface area contributed by atoms with Gasteiger partial charge in [-0.1, -0.05) is 6.07 Å². The zero-order valence-electron chi connectivity index (χ0n) is 24.3. The van der Waals surface area contributed by atoms with E-state index in [0.29, 0.717) is 55.4 Å². The molecule has 4 aromatic rings. The molecule has 0 saturated carbocycles. The highest BCUT2D eigenvalue weighted by Crippen LogP contribution is 2.30. The van der Waals surface area contributed by atoms with Gasteiger partial charge in [-0.3, -0.25) is 19.5 Å². The maximum absolute atomic E-state index is 14.8. The number of hydrogen-bond donors (Lipinski definition) is 4. The molecule has 2 amide bonds. The van der Waals surface area contributed by atoms with Gasteiger partial charge in [0.15, 0.2) is 0 Å². The Morgan fingerprint density at radius 2 is 1.70 bits per heavy atom. The second-order valence-corrected chi connectivity index (χ2v) is 9.43. The number of nitrogens with two attached hydrogens (primary N) is 1. The van der Waals surface area contributed by atoms with Crippen molar-refractivity contribution < 1.29 is 33.0 Å². The maximum Gasteiger partial charge on any atom is 0.255 e. The highest BCUT2D eigenvalue weighted by atomic mass is 19.1. The fraction of sp³-hybridized carbons (Fsp3) is 0.226. The standard InChI is InChI=1S/C29H27F2N5O3.CH3NO.CH4O/c1-19-2-4-23(30)26(14-19)34-25-5-3-21(16-24(25)31)39-22-6-7-32-28(17-22)27-15-20(18-33-27)29(38)36-10-8-35(9-11-36)12-13-37;2-1-3;1-2/h2-7,13-18,33-34H,8-12H2,1H3;1H,(H2,2,3);2H,1H3. The first-order valence-corrected chi connectivity index (χ1v) is 13.5. The maximum atomic E-state index is 14.8. The number of pyridine rings is 1.